The van der Waals surface area contributed by atoms with Gasteiger partial charge < -0.3 is 30.0 Å². The monoisotopic (exact) mass is 468 g/mol. The van der Waals surface area contributed by atoms with E-state index in [0.717, 1.165) is 22.3 Å². The molecule has 1 aliphatic carbocycles. The number of amides is 2. The maximum absolute atomic E-state index is 12.8. The molecule has 2 aromatic rings. The van der Waals surface area contributed by atoms with Crippen LogP contribution in [0.3, 0.4) is 0 Å². The highest BCUT2D eigenvalue weighted by atomic mass is 16.5. The van der Waals surface area contributed by atoms with Gasteiger partial charge in [-0.15, -0.1) is 0 Å². The third kappa shape index (κ3) is 5.21. The predicted molar refractivity (Wildman–Crippen MR) is 122 cm³/mol. The normalized spacial score (nSPS) is 20.0. The molecule has 9 nitrogen and oxygen atoms in total. The summed E-state index contributed by atoms with van der Waals surface area (Å²) in [4.78, 5) is 36.7. The lowest BCUT2D eigenvalue weighted by atomic mass is 9.98. The van der Waals surface area contributed by atoms with Crippen LogP contribution in [0.15, 0.2) is 48.5 Å². The molecule has 9 heteroatoms. The number of rotatable bonds is 8. The molecule has 0 bridgehead atoms. The molecule has 0 spiro atoms. The summed E-state index contributed by atoms with van der Waals surface area (Å²) in [5.74, 6) is -1.96. The summed E-state index contributed by atoms with van der Waals surface area (Å²) in [5, 5.41) is 14.4. The minimum atomic E-state index is -1.28. The van der Waals surface area contributed by atoms with Crippen molar-refractivity contribution in [2.24, 2.45) is 0 Å². The summed E-state index contributed by atoms with van der Waals surface area (Å²) < 4.78 is 16.1. The number of aliphatic carboxylic acids is 1. The van der Waals surface area contributed by atoms with Crippen LogP contribution in [0.25, 0.3) is 11.1 Å². The van der Waals surface area contributed by atoms with Gasteiger partial charge in [-0.25, -0.2) is 4.79 Å². The molecular weight excluding hydrogens is 440 g/mol. The number of carbonyl (C=O) groups is 3. The Morgan fingerprint density at radius 3 is 2.35 bits per heavy atom. The van der Waals surface area contributed by atoms with Crippen LogP contribution >= 0.6 is 0 Å². The van der Waals surface area contributed by atoms with E-state index < -0.39 is 30.4 Å². The van der Waals surface area contributed by atoms with Crippen LogP contribution in [0.1, 0.15) is 29.9 Å². The van der Waals surface area contributed by atoms with Gasteiger partial charge in [0.1, 0.15) is 18.8 Å². The highest BCUT2D eigenvalue weighted by molar-refractivity contribution is 5.89. The number of carbonyl (C=O) groups excluding carboxylic acids is 2. The summed E-state index contributed by atoms with van der Waals surface area (Å²) in [5.41, 5.74) is 4.31. The number of carboxylic acids is 1. The highest BCUT2D eigenvalue weighted by Gasteiger charge is 2.33. The van der Waals surface area contributed by atoms with Gasteiger partial charge in [0.2, 0.25) is 5.91 Å². The van der Waals surface area contributed by atoms with Crippen LogP contribution in [-0.4, -0.2) is 68.2 Å². The molecule has 0 radical (unpaired) electrons. The predicted octanol–water partition coefficient (Wildman–Crippen LogP) is 2.29. The number of ether oxygens (including phenoxy) is 3. The average Bonchev–Trinajstić information content (AvgIpc) is 3.16. The molecule has 1 heterocycles. The number of hydrogen-bond acceptors (Lipinski definition) is 6. The van der Waals surface area contributed by atoms with Crippen molar-refractivity contribution in [1.82, 2.24) is 10.6 Å². The van der Waals surface area contributed by atoms with Crippen LogP contribution in [0.2, 0.25) is 0 Å². The van der Waals surface area contributed by atoms with Gasteiger partial charge in [0.05, 0.1) is 19.1 Å². The van der Waals surface area contributed by atoms with Crippen molar-refractivity contribution in [2.45, 2.75) is 36.9 Å². The molecule has 2 amide bonds. The topological polar surface area (TPSA) is 123 Å². The third-order valence-corrected chi connectivity index (χ3v) is 6.27. The second-order valence-corrected chi connectivity index (χ2v) is 8.37. The second kappa shape index (κ2) is 10.7. The largest absolute Gasteiger partial charge is 0.481 e. The maximum Gasteiger partial charge on any atom is 0.407 e. The third-order valence-electron chi connectivity index (χ3n) is 6.27. The Hall–Kier alpha value is -3.43. The SMILES string of the molecule is COC1COCCC1NC(=O)C(CC(=O)O)NC(=O)OCC1c2ccccc2-c2ccccc21. The van der Waals surface area contributed by atoms with Crippen molar-refractivity contribution in [3.63, 3.8) is 0 Å². The smallest absolute Gasteiger partial charge is 0.407 e. The van der Waals surface area contributed by atoms with E-state index in [1.54, 1.807) is 0 Å². The average molecular weight is 469 g/mol. The molecule has 3 atom stereocenters. The van der Waals surface area contributed by atoms with Crippen molar-refractivity contribution in [3.8, 4) is 11.1 Å². The zero-order chi connectivity index (χ0) is 24.1. The standard InChI is InChI=1S/C25H28N2O7/c1-32-22-14-33-11-10-20(22)26-24(30)21(12-23(28)29)27-25(31)34-13-19-17-8-4-2-6-15(17)16-7-3-5-9-18(16)19/h2-9,19-22H,10-14H2,1H3,(H,26,30)(H,27,31)(H,28,29). The first-order valence-electron chi connectivity index (χ1n) is 11.2. The van der Waals surface area contributed by atoms with Gasteiger partial charge in [0, 0.05) is 19.6 Å². The highest BCUT2D eigenvalue weighted by Crippen LogP contribution is 2.44. The van der Waals surface area contributed by atoms with E-state index in [-0.39, 0.29) is 24.7 Å². The molecular formula is C25H28N2O7. The van der Waals surface area contributed by atoms with Gasteiger partial charge >= 0.3 is 12.1 Å². The van der Waals surface area contributed by atoms with Crippen LogP contribution in [0.5, 0.6) is 0 Å². The first-order valence-corrected chi connectivity index (χ1v) is 11.2. The zero-order valence-electron chi connectivity index (χ0n) is 18.9. The van der Waals surface area contributed by atoms with E-state index in [2.05, 4.69) is 10.6 Å². The molecule has 1 fully saturated rings. The Kier molecular flexibility index (Phi) is 7.44. The molecule has 0 saturated carbocycles. The Bertz CT molecular complexity index is 1010. The van der Waals surface area contributed by atoms with Crippen LogP contribution < -0.4 is 10.6 Å². The summed E-state index contributed by atoms with van der Waals surface area (Å²) in [6, 6.07) is 14.3. The molecule has 3 N–H and O–H groups in total. The number of benzene rings is 2. The van der Waals surface area contributed by atoms with Crippen molar-refractivity contribution < 1.29 is 33.7 Å². The first kappa shape index (κ1) is 23.7. The summed E-state index contributed by atoms with van der Waals surface area (Å²) in [7, 11) is 1.52. The van der Waals surface area contributed by atoms with E-state index in [1.807, 2.05) is 48.5 Å². The minimum absolute atomic E-state index is 0.0625. The summed E-state index contributed by atoms with van der Waals surface area (Å²) >= 11 is 0. The first-order chi connectivity index (χ1) is 16.5. The van der Waals surface area contributed by atoms with E-state index in [9.17, 15) is 19.5 Å². The van der Waals surface area contributed by atoms with Crippen molar-refractivity contribution >= 4 is 18.0 Å². The van der Waals surface area contributed by atoms with Crippen molar-refractivity contribution in [3.05, 3.63) is 59.7 Å². The molecule has 0 aromatic heterocycles. The molecule has 1 aliphatic heterocycles. The van der Waals surface area contributed by atoms with Gasteiger partial charge in [-0.1, -0.05) is 48.5 Å². The van der Waals surface area contributed by atoms with Gasteiger partial charge in [0.15, 0.2) is 0 Å². The Balaban J connectivity index is 1.40. The Labute approximate surface area is 197 Å². The molecule has 180 valence electrons. The lowest BCUT2D eigenvalue weighted by Gasteiger charge is -2.32. The molecule has 2 aliphatic rings. The number of alkyl carbamates (subject to hydrolysis) is 1. The molecule has 34 heavy (non-hydrogen) atoms. The van der Waals surface area contributed by atoms with Crippen LogP contribution in [0, 0.1) is 0 Å². The Morgan fingerprint density at radius 1 is 1.09 bits per heavy atom. The number of nitrogens with one attached hydrogen (secondary N) is 2. The minimum Gasteiger partial charge on any atom is -0.481 e. The quantitative estimate of drug-likeness (QED) is 0.543. The zero-order valence-corrected chi connectivity index (χ0v) is 18.9. The lowest BCUT2D eigenvalue weighted by Crippen LogP contribution is -2.55. The number of hydrogen-bond donors (Lipinski definition) is 3. The molecule has 3 unspecified atom stereocenters. The van der Waals surface area contributed by atoms with E-state index in [0.29, 0.717) is 19.6 Å². The summed E-state index contributed by atoms with van der Waals surface area (Å²) in [6.07, 6.45) is -1.25. The van der Waals surface area contributed by atoms with E-state index in [4.69, 9.17) is 14.2 Å². The fourth-order valence-electron chi connectivity index (χ4n) is 4.56. The van der Waals surface area contributed by atoms with Gasteiger partial charge in [-0.05, 0) is 28.7 Å². The molecule has 2 aromatic carbocycles. The van der Waals surface area contributed by atoms with Crippen LogP contribution in [-0.2, 0) is 23.8 Å². The van der Waals surface area contributed by atoms with Crippen molar-refractivity contribution in [1.29, 1.82) is 0 Å². The molecule has 1 saturated heterocycles. The van der Waals surface area contributed by atoms with Gasteiger partial charge in [0.25, 0.3) is 0 Å². The van der Waals surface area contributed by atoms with Gasteiger partial charge in [-0.3, -0.25) is 9.59 Å². The fourth-order valence-corrected chi connectivity index (χ4v) is 4.56. The summed E-state index contributed by atoms with van der Waals surface area (Å²) in [6.45, 7) is 0.839. The van der Waals surface area contributed by atoms with E-state index in [1.165, 1.54) is 7.11 Å². The lowest BCUT2D eigenvalue weighted by molar-refractivity contribution is -0.140. The number of carboxylic acid groups (broad SMARTS) is 1. The second-order valence-electron chi connectivity index (χ2n) is 8.37. The number of methoxy groups -OCH3 is 1. The molecule has 4 rings (SSSR count). The fraction of sp³-hybridized carbons (Fsp3) is 0.400. The Morgan fingerprint density at radius 2 is 1.74 bits per heavy atom. The maximum atomic E-state index is 12.8. The van der Waals surface area contributed by atoms with E-state index >= 15 is 0 Å². The van der Waals surface area contributed by atoms with Crippen LogP contribution in [0.4, 0.5) is 4.79 Å². The van der Waals surface area contributed by atoms with Crippen molar-refractivity contribution in [2.75, 3.05) is 26.9 Å². The van der Waals surface area contributed by atoms with Gasteiger partial charge in [-0.2, -0.15) is 0 Å². The number of fused-ring (bicyclic) bond motifs is 3.